The topological polar surface area (TPSA) is 74.4 Å². The average molecular weight is 474 g/mol. The Morgan fingerprint density at radius 3 is 2.59 bits per heavy atom. The fourth-order valence-electron chi connectivity index (χ4n) is 4.42. The van der Waals surface area contributed by atoms with Crippen molar-refractivity contribution in [3.05, 3.63) is 77.5 Å². The summed E-state index contributed by atoms with van der Waals surface area (Å²) in [4.78, 5) is 32.6. The quantitative estimate of drug-likeness (QED) is 0.402. The first-order chi connectivity index (χ1) is 16.6. The van der Waals surface area contributed by atoms with Gasteiger partial charge in [0.25, 0.3) is 5.91 Å². The molecule has 0 atom stereocenters. The number of para-hydroxylation sites is 1. The lowest BCUT2D eigenvalue weighted by atomic mass is 10.1. The molecule has 1 aliphatic heterocycles. The number of nitrogens with zero attached hydrogens (tertiary/aromatic N) is 1. The molecule has 2 aromatic heterocycles. The van der Waals surface area contributed by atoms with Crippen molar-refractivity contribution in [1.82, 2.24) is 9.88 Å². The number of carbonyl (C=O) groups excluding carboxylic acids is 2. The number of amides is 2. The number of hydrogen-bond donors (Lipinski definition) is 2. The Bertz CT molecular complexity index is 1320. The van der Waals surface area contributed by atoms with Crippen LogP contribution in [0.15, 0.2) is 60.8 Å². The molecule has 2 N–H and O–H groups in total. The second kappa shape index (κ2) is 9.83. The number of thiophene rings is 1. The molecule has 174 valence electrons. The number of fused-ring (bicyclic) bond motifs is 1. The first-order valence-electron chi connectivity index (χ1n) is 11.5. The monoisotopic (exact) mass is 473 g/mol. The number of morpholine rings is 1. The summed E-state index contributed by atoms with van der Waals surface area (Å²) in [6.45, 7) is 4.15. The third-order valence-corrected chi connectivity index (χ3v) is 7.50. The highest BCUT2D eigenvalue weighted by Gasteiger charge is 2.28. The van der Waals surface area contributed by atoms with E-state index in [9.17, 15) is 9.59 Å². The number of aryl methyl sites for hydroxylation is 1. The summed E-state index contributed by atoms with van der Waals surface area (Å²) >= 11 is 1.47. The van der Waals surface area contributed by atoms with Crippen molar-refractivity contribution in [2.24, 2.45) is 0 Å². The number of rotatable bonds is 6. The number of carbonyl (C=O) groups is 2. The van der Waals surface area contributed by atoms with E-state index in [2.05, 4.69) is 16.4 Å². The Kier molecular flexibility index (Phi) is 6.47. The molecule has 0 saturated carbocycles. The first kappa shape index (κ1) is 22.4. The van der Waals surface area contributed by atoms with Crippen molar-refractivity contribution < 1.29 is 14.3 Å². The van der Waals surface area contributed by atoms with E-state index < -0.39 is 0 Å². The van der Waals surface area contributed by atoms with Gasteiger partial charge in [-0.2, -0.15) is 0 Å². The third-order valence-electron chi connectivity index (χ3n) is 6.24. The van der Waals surface area contributed by atoms with E-state index in [1.165, 1.54) is 11.3 Å². The van der Waals surface area contributed by atoms with Crippen molar-refractivity contribution in [3.8, 4) is 10.4 Å². The second-order valence-corrected chi connectivity index (χ2v) is 9.46. The normalized spacial score (nSPS) is 13.9. The average Bonchev–Trinajstić information content (AvgIpc) is 3.44. The zero-order valence-electron chi connectivity index (χ0n) is 19.1. The van der Waals surface area contributed by atoms with Gasteiger partial charge in [-0.1, -0.05) is 48.5 Å². The minimum Gasteiger partial charge on any atom is -0.378 e. The van der Waals surface area contributed by atoms with Crippen LogP contribution in [0.1, 0.15) is 27.9 Å². The van der Waals surface area contributed by atoms with Gasteiger partial charge >= 0.3 is 0 Å². The standard InChI is InChI=1S/C27H27N3O3S/c1-18-24(27(32)30-13-15-33-16-14-30)26(34-25(18)19-7-3-2-4-8-19)29-23(31)12-11-20-17-28-22-10-6-5-9-21(20)22/h2-10,17,28H,11-16H2,1H3,(H,29,31). The molecule has 5 rings (SSSR count). The number of ether oxygens (including phenoxy) is 1. The molecule has 1 aliphatic rings. The molecule has 3 heterocycles. The van der Waals surface area contributed by atoms with Crippen molar-refractivity contribution in [2.75, 3.05) is 31.6 Å². The summed E-state index contributed by atoms with van der Waals surface area (Å²) in [6, 6.07) is 18.1. The highest BCUT2D eigenvalue weighted by molar-refractivity contribution is 7.20. The molecule has 2 aromatic carbocycles. The molecule has 4 aromatic rings. The van der Waals surface area contributed by atoms with Gasteiger partial charge in [0.1, 0.15) is 5.00 Å². The van der Waals surface area contributed by atoms with Gasteiger partial charge in [-0.25, -0.2) is 0 Å². The molecule has 1 fully saturated rings. The van der Waals surface area contributed by atoms with Gasteiger partial charge in [0, 0.05) is 41.5 Å². The first-order valence-corrected chi connectivity index (χ1v) is 12.3. The predicted octanol–water partition coefficient (Wildman–Crippen LogP) is 5.25. The van der Waals surface area contributed by atoms with Crippen LogP contribution in [0.4, 0.5) is 5.00 Å². The highest BCUT2D eigenvalue weighted by Crippen LogP contribution is 2.40. The number of aromatic amines is 1. The van der Waals surface area contributed by atoms with Crippen LogP contribution in [0, 0.1) is 6.92 Å². The SMILES string of the molecule is Cc1c(-c2ccccc2)sc(NC(=O)CCc2c[nH]c3ccccc23)c1C(=O)N1CCOCC1. The number of aromatic nitrogens is 1. The maximum absolute atomic E-state index is 13.5. The minimum absolute atomic E-state index is 0.0499. The molecule has 1 saturated heterocycles. The van der Waals surface area contributed by atoms with E-state index in [-0.39, 0.29) is 11.8 Å². The maximum atomic E-state index is 13.5. The van der Waals surface area contributed by atoms with Crippen molar-refractivity contribution in [3.63, 3.8) is 0 Å². The third kappa shape index (κ3) is 4.49. The summed E-state index contributed by atoms with van der Waals surface area (Å²) in [5.74, 6) is -0.145. The maximum Gasteiger partial charge on any atom is 0.257 e. The molecule has 0 bridgehead atoms. The highest BCUT2D eigenvalue weighted by atomic mass is 32.1. The van der Waals surface area contributed by atoms with E-state index in [4.69, 9.17) is 4.74 Å². The van der Waals surface area contributed by atoms with Gasteiger partial charge in [0.15, 0.2) is 0 Å². The van der Waals surface area contributed by atoms with E-state index in [0.717, 1.165) is 32.5 Å². The Labute approximate surface area is 202 Å². The van der Waals surface area contributed by atoms with Gasteiger partial charge in [-0.05, 0) is 36.1 Å². The number of nitrogens with one attached hydrogen (secondary N) is 2. The Morgan fingerprint density at radius 2 is 1.79 bits per heavy atom. The van der Waals surface area contributed by atoms with Crippen LogP contribution in [-0.2, 0) is 16.0 Å². The van der Waals surface area contributed by atoms with Crippen LogP contribution in [0.5, 0.6) is 0 Å². The minimum atomic E-state index is -0.0952. The smallest absolute Gasteiger partial charge is 0.257 e. The van der Waals surface area contributed by atoms with Gasteiger partial charge in [0.05, 0.1) is 18.8 Å². The van der Waals surface area contributed by atoms with Crippen LogP contribution >= 0.6 is 11.3 Å². The Balaban J connectivity index is 1.40. The van der Waals surface area contributed by atoms with Crippen molar-refractivity contribution in [1.29, 1.82) is 0 Å². The lowest BCUT2D eigenvalue weighted by Gasteiger charge is -2.27. The van der Waals surface area contributed by atoms with E-state index >= 15 is 0 Å². The summed E-state index contributed by atoms with van der Waals surface area (Å²) in [5.41, 5.74) is 4.71. The Morgan fingerprint density at radius 1 is 1.06 bits per heavy atom. The number of benzene rings is 2. The molecule has 7 heteroatoms. The van der Waals surface area contributed by atoms with Crippen LogP contribution in [-0.4, -0.2) is 48.0 Å². The lowest BCUT2D eigenvalue weighted by molar-refractivity contribution is -0.116. The summed E-state index contributed by atoms with van der Waals surface area (Å²) in [5, 5.41) is 4.82. The fourth-order valence-corrected chi connectivity index (χ4v) is 5.64. The molecule has 34 heavy (non-hydrogen) atoms. The van der Waals surface area contributed by atoms with Crippen LogP contribution in [0.25, 0.3) is 21.3 Å². The molecule has 0 unspecified atom stereocenters. The summed E-state index contributed by atoms with van der Waals surface area (Å²) < 4.78 is 5.42. The number of anilines is 1. The zero-order chi connectivity index (χ0) is 23.5. The van der Waals surface area contributed by atoms with E-state index in [0.29, 0.717) is 49.7 Å². The van der Waals surface area contributed by atoms with Crippen LogP contribution in [0.2, 0.25) is 0 Å². The molecule has 0 spiro atoms. The van der Waals surface area contributed by atoms with Gasteiger partial charge in [-0.15, -0.1) is 11.3 Å². The van der Waals surface area contributed by atoms with Crippen LogP contribution < -0.4 is 5.32 Å². The largest absolute Gasteiger partial charge is 0.378 e. The van der Waals surface area contributed by atoms with Crippen molar-refractivity contribution in [2.45, 2.75) is 19.8 Å². The van der Waals surface area contributed by atoms with Gasteiger partial charge in [0.2, 0.25) is 5.91 Å². The molecule has 0 aliphatic carbocycles. The molecule has 0 radical (unpaired) electrons. The van der Waals surface area contributed by atoms with Gasteiger partial charge in [-0.3, -0.25) is 9.59 Å². The van der Waals surface area contributed by atoms with E-state index in [1.807, 2.05) is 66.6 Å². The second-order valence-electron chi connectivity index (χ2n) is 8.44. The summed E-state index contributed by atoms with van der Waals surface area (Å²) in [6.07, 6.45) is 2.93. The number of H-pyrrole nitrogens is 1. The van der Waals surface area contributed by atoms with Gasteiger partial charge < -0.3 is 19.9 Å². The molecule has 6 nitrogen and oxygen atoms in total. The Hall–Kier alpha value is -3.42. The predicted molar refractivity (Wildman–Crippen MR) is 136 cm³/mol. The summed E-state index contributed by atoms with van der Waals surface area (Å²) in [7, 11) is 0. The zero-order valence-corrected chi connectivity index (χ0v) is 19.9. The fraction of sp³-hybridized carbons (Fsp3) is 0.259. The van der Waals surface area contributed by atoms with Crippen LogP contribution in [0.3, 0.4) is 0 Å². The number of hydrogen-bond acceptors (Lipinski definition) is 4. The molecular formula is C27H27N3O3S. The molecular weight excluding hydrogens is 446 g/mol. The lowest BCUT2D eigenvalue weighted by Crippen LogP contribution is -2.41. The van der Waals surface area contributed by atoms with E-state index in [1.54, 1.807) is 0 Å². The van der Waals surface area contributed by atoms with Crippen molar-refractivity contribution >= 4 is 39.1 Å². The molecule has 2 amide bonds.